The lowest BCUT2D eigenvalue weighted by atomic mass is 10.1. The van der Waals surface area contributed by atoms with Gasteiger partial charge in [0, 0.05) is 0 Å². The summed E-state index contributed by atoms with van der Waals surface area (Å²) in [5.41, 5.74) is 4.70. The molecule has 9 nitrogen and oxygen atoms in total. The highest BCUT2D eigenvalue weighted by atomic mass is 35.5. The molecule has 10 heteroatoms. The van der Waals surface area contributed by atoms with Gasteiger partial charge in [-0.3, -0.25) is 10.1 Å². The van der Waals surface area contributed by atoms with Crippen molar-refractivity contribution in [1.29, 1.82) is 5.26 Å². The van der Waals surface area contributed by atoms with Crippen LogP contribution in [0.3, 0.4) is 0 Å². The van der Waals surface area contributed by atoms with E-state index in [-0.39, 0.29) is 22.1 Å². The Labute approximate surface area is 141 Å². The highest BCUT2D eigenvalue weighted by Crippen LogP contribution is 2.37. The molecule has 0 atom stereocenters. The first kappa shape index (κ1) is 18.8. The third-order valence-corrected chi connectivity index (χ3v) is 2.79. The van der Waals surface area contributed by atoms with Crippen LogP contribution in [-0.4, -0.2) is 36.7 Å². The number of halogens is 1. The Bertz CT molecular complexity index is 754. The van der Waals surface area contributed by atoms with Gasteiger partial charge in [-0.15, -0.1) is 0 Å². The maximum atomic E-state index is 11.6. The zero-order valence-electron chi connectivity index (χ0n) is 12.3. The largest absolute Gasteiger partial charge is 0.493 e. The molecule has 0 saturated heterocycles. The van der Waals surface area contributed by atoms with E-state index in [0.717, 1.165) is 6.08 Å². The summed E-state index contributed by atoms with van der Waals surface area (Å²) in [6, 6.07) is 3.22. The number of ether oxygens (including phenoxy) is 2. The van der Waals surface area contributed by atoms with E-state index in [1.165, 1.54) is 19.2 Å². The number of carboxylic acid groups (broad SMARTS) is 1. The van der Waals surface area contributed by atoms with Crippen molar-refractivity contribution in [3.05, 3.63) is 28.3 Å². The standard InChI is InChI=1S/C14H12ClN3O6/c1-23-10-4-7(2-8(5-16)13(21)18-14(17)22)3-9(15)12(10)24-6-11(19)20/h2-4H,6H2,1H3,(H,19,20)(H3,17,18,21,22)/b8-2-. The minimum atomic E-state index is -1.20. The molecule has 0 saturated carbocycles. The monoisotopic (exact) mass is 353 g/mol. The molecule has 0 aliphatic rings. The summed E-state index contributed by atoms with van der Waals surface area (Å²) in [4.78, 5) is 32.8. The minimum absolute atomic E-state index is 0.00110. The molecule has 4 N–H and O–H groups in total. The number of primary amides is 1. The second kappa shape index (κ2) is 8.40. The average molecular weight is 354 g/mol. The van der Waals surface area contributed by atoms with Crippen molar-refractivity contribution >= 4 is 35.6 Å². The fourth-order valence-corrected chi connectivity index (χ4v) is 1.87. The number of amides is 3. The molecule has 0 radical (unpaired) electrons. The molecular formula is C14H12ClN3O6. The molecule has 0 aliphatic heterocycles. The van der Waals surface area contributed by atoms with Crippen LogP contribution in [0.1, 0.15) is 5.56 Å². The molecule has 126 valence electrons. The summed E-state index contributed by atoms with van der Waals surface area (Å²) in [6.07, 6.45) is 1.15. The molecule has 1 rings (SSSR count). The Morgan fingerprint density at radius 3 is 2.62 bits per heavy atom. The highest BCUT2D eigenvalue weighted by molar-refractivity contribution is 6.32. The van der Waals surface area contributed by atoms with Crippen LogP contribution in [0, 0.1) is 11.3 Å². The fraction of sp³-hybridized carbons (Fsp3) is 0.143. The number of nitrogens with two attached hydrogens (primary N) is 1. The van der Waals surface area contributed by atoms with E-state index in [1.807, 2.05) is 0 Å². The predicted octanol–water partition coefficient (Wildman–Crippen LogP) is 0.914. The molecule has 1 aromatic rings. The van der Waals surface area contributed by atoms with E-state index < -0.39 is 30.1 Å². The van der Waals surface area contributed by atoms with Crippen LogP contribution >= 0.6 is 11.6 Å². The first-order valence-corrected chi connectivity index (χ1v) is 6.61. The van der Waals surface area contributed by atoms with Gasteiger partial charge >= 0.3 is 12.0 Å². The van der Waals surface area contributed by atoms with E-state index in [0.29, 0.717) is 0 Å². The third-order valence-electron chi connectivity index (χ3n) is 2.50. The number of nitriles is 1. The number of hydrogen-bond donors (Lipinski definition) is 3. The van der Waals surface area contributed by atoms with Gasteiger partial charge in [0.1, 0.15) is 11.6 Å². The number of imide groups is 1. The Morgan fingerprint density at radius 1 is 1.46 bits per heavy atom. The molecule has 3 amide bonds. The second-order valence-electron chi connectivity index (χ2n) is 4.20. The normalized spacial score (nSPS) is 10.5. The Morgan fingerprint density at radius 2 is 2.12 bits per heavy atom. The SMILES string of the molecule is COc1cc(/C=C(/C#N)C(=O)NC(N)=O)cc(Cl)c1OCC(=O)O. The number of urea groups is 1. The van der Waals surface area contributed by atoms with E-state index in [2.05, 4.69) is 0 Å². The van der Waals surface area contributed by atoms with Gasteiger partial charge in [0.15, 0.2) is 18.1 Å². The van der Waals surface area contributed by atoms with Crippen molar-refractivity contribution in [2.24, 2.45) is 5.73 Å². The number of rotatable bonds is 6. The number of methoxy groups -OCH3 is 1. The van der Waals surface area contributed by atoms with Gasteiger partial charge < -0.3 is 20.3 Å². The molecule has 24 heavy (non-hydrogen) atoms. The van der Waals surface area contributed by atoms with Gasteiger partial charge in [-0.25, -0.2) is 9.59 Å². The van der Waals surface area contributed by atoms with Crippen LogP contribution < -0.4 is 20.5 Å². The fourth-order valence-electron chi connectivity index (χ4n) is 1.59. The average Bonchev–Trinajstić information content (AvgIpc) is 2.49. The number of benzene rings is 1. The number of carbonyl (C=O) groups is 3. The number of nitrogens with zero attached hydrogens (tertiary/aromatic N) is 1. The van der Waals surface area contributed by atoms with Gasteiger partial charge in [0.05, 0.1) is 12.1 Å². The summed E-state index contributed by atoms with van der Waals surface area (Å²) < 4.78 is 10.1. The van der Waals surface area contributed by atoms with Gasteiger partial charge in [0.25, 0.3) is 5.91 Å². The van der Waals surface area contributed by atoms with E-state index in [1.54, 1.807) is 11.4 Å². The van der Waals surface area contributed by atoms with Gasteiger partial charge in [-0.1, -0.05) is 11.6 Å². The summed E-state index contributed by atoms with van der Waals surface area (Å²) in [6.45, 7) is -0.629. The zero-order chi connectivity index (χ0) is 18.3. The van der Waals surface area contributed by atoms with E-state index in [9.17, 15) is 14.4 Å². The van der Waals surface area contributed by atoms with E-state index in [4.69, 9.17) is 37.2 Å². The lowest BCUT2D eigenvalue weighted by Crippen LogP contribution is -2.35. The lowest BCUT2D eigenvalue weighted by molar-refractivity contribution is -0.139. The predicted molar refractivity (Wildman–Crippen MR) is 82.5 cm³/mol. The number of hydrogen-bond acceptors (Lipinski definition) is 6. The van der Waals surface area contributed by atoms with Crippen molar-refractivity contribution in [3.8, 4) is 17.6 Å². The topological polar surface area (TPSA) is 152 Å². The third kappa shape index (κ3) is 5.19. The number of nitrogens with one attached hydrogen (secondary N) is 1. The maximum Gasteiger partial charge on any atom is 0.341 e. The van der Waals surface area contributed by atoms with Crippen LogP contribution in [0.2, 0.25) is 5.02 Å². The second-order valence-corrected chi connectivity index (χ2v) is 4.61. The van der Waals surface area contributed by atoms with Crippen LogP contribution in [0.25, 0.3) is 6.08 Å². The molecule has 0 spiro atoms. The van der Waals surface area contributed by atoms with E-state index >= 15 is 0 Å². The Balaban J connectivity index is 3.21. The Kier molecular flexibility index (Phi) is 6.58. The van der Waals surface area contributed by atoms with Crippen LogP contribution in [0.4, 0.5) is 4.79 Å². The van der Waals surface area contributed by atoms with Gasteiger partial charge in [-0.05, 0) is 23.8 Å². The first-order chi connectivity index (χ1) is 11.3. The maximum absolute atomic E-state index is 11.6. The summed E-state index contributed by atoms with van der Waals surface area (Å²) in [7, 11) is 1.30. The van der Waals surface area contributed by atoms with Gasteiger partial charge in [0.2, 0.25) is 0 Å². The molecule has 0 heterocycles. The smallest absolute Gasteiger partial charge is 0.341 e. The summed E-state index contributed by atoms with van der Waals surface area (Å²) in [5, 5.41) is 19.4. The minimum Gasteiger partial charge on any atom is -0.493 e. The molecule has 0 aromatic heterocycles. The van der Waals surface area contributed by atoms with Crippen LogP contribution in [0.5, 0.6) is 11.5 Å². The molecule has 0 aliphatic carbocycles. The van der Waals surface area contributed by atoms with Crippen molar-refractivity contribution < 1.29 is 29.0 Å². The molecule has 0 bridgehead atoms. The summed E-state index contributed by atoms with van der Waals surface area (Å²) >= 11 is 6.00. The quantitative estimate of drug-likeness (QED) is 0.507. The molecule has 1 aromatic carbocycles. The molecule has 0 unspecified atom stereocenters. The van der Waals surface area contributed by atoms with Gasteiger partial charge in [-0.2, -0.15) is 5.26 Å². The van der Waals surface area contributed by atoms with Crippen molar-refractivity contribution in [2.75, 3.05) is 13.7 Å². The number of carbonyl (C=O) groups excluding carboxylic acids is 2. The van der Waals surface area contributed by atoms with Crippen molar-refractivity contribution in [3.63, 3.8) is 0 Å². The highest BCUT2D eigenvalue weighted by Gasteiger charge is 2.15. The van der Waals surface area contributed by atoms with Crippen LogP contribution in [-0.2, 0) is 9.59 Å². The van der Waals surface area contributed by atoms with Crippen molar-refractivity contribution in [1.82, 2.24) is 5.32 Å². The van der Waals surface area contributed by atoms with Crippen molar-refractivity contribution in [2.45, 2.75) is 0 Å². The number of aliphatic carboxylic acids is 1. The first-order valence-electron chi connectivity index (χ1n) is 6.23. The van der Waals surface area contributed by atoms with Crippen LogP contribution in [0.15, 0.2) is 17.7 Å². The molecule has 0 fully saturated rings. The zero-order valence-corrected chi connectivity index (χ0v) is 13.1. The summed E-state index contributed by atoms with van der Waals surface area (Å²) in [5.74, 6) is -2.08. The molecular weight excluding hydrogens is 342 g/mol. The Hall–Kier alpha value is -3.25. The lowest BCUT2D eigenvalue weighted by Gasteiger charge is -2.12. The number of carboxylic acids is 1.